The van der Waals surface area contributed by atoms with Crippen LogP contribution in [0.25, 0.3) is 0 Å². The van der Waals surface area contributed by atoms with Crippen molar-refractivity contribution in [2.24, 2.45) is 23.7 Å². The molecule has 4 aliphatic rings. The number of carboxylic acids is 1. The van der Waals surface area contributed by atoms with Crippen LogP contribution in [0.1, 0.15) is 18.4 Å². The minimum absolute atomic E-state index is 0.00516. The van der Waals surface area contributed by atoms with Gasteiger partial charge in [-0.05, 0) is 42.4 Å². The van der Waals surface area contributed by atoms with Gasteiger partial charge in [0.25, 0.3) is 0 Å². The molecule has 2 fully saturated rings. The zero-order chi connectivity index (χ0) is 19.0. The van der Waals surface area contributed by atoms with E-state index in [4.69, 9.17) is 11.6 Å². The Morgan fingerprint density at radius 3 is 2.30 bits per heavy atom. The van der Waals surface area contributed by atoms with Gasteiger partial charge in [-0.3, -0.25) is 14.5 Å². The Balaban J connectivity index is 1.38. The summed E-state index contributed by atoms with van der Waals surface area (Å²) in [6.07, 6.45) is 5.90. The summed E-state index contributed by atoms with van der Waals surface area (Å²) >= 11 is 6.06. The van der Waals surface area contributed by atoms with Crippen LogP contribution in [0.2, 0.25) is 5.02 Å². The molecule has 1 amide bonds. The number of hydrogen-bond acceptors (Lipinski definition) is 3. The molecule has 1 aromatic carbocycles. The lowest BCUT2D eigenvalue weighted by molar-refractivity contribution is -0.157. The predicted molar refractivity (Wildman–Crippen MR) is 103 cm³/mol. The van der Waals surface area contributed by atoms with Crippen molar-refractivity contribution >= 4 is 23.5 Å². The molecule has 1 aromatic rings. The second-order valence-corrected chi connectivity index (χ2v) is 8.35. The molecule has 5 rings (SSSR count). The highest BCUT2D eigenvalue weighted by Gasteiger charge is 2.49. The first-order chi connectivity index (χ1) is 13.0. The Hall–Kier alpha value is -1.85. The van der Waals surface area contributed by atoms with Crippen molar-refractivity contribution < 1.29 is 14.7 Å². The van der Waals surface area contributed by atoms with Crippen molar-refractivity contribution in [2.75, 3.05) is 26.2 Å². The highest BCUT2D eigenvalue weighted by Crippen LogP contribution is 2.45. The largest absolute Gasteiger partial charge is 0.481 e. The zero-order valence-electron chi connectivity index (χ0n) is 15.3. The molecule has 1 aliphatic heterocycles. The molecule has 144 valence electrons. The van der Waals surface area contributed by atoms with Gasteiger partial charge in [0.2, 0.25) is 5.91 Å². The van der Waals surface area contributed by atoms with Gasteiger partial charge in [-0.2, -0.15) is 0 Å². The molecule has 1 heterocycles. The standard InChI is InChI=1S/C21H25ClN2O3/c22-17-3-1-2-14(12-17)13-23-8-10-24(11-9-23)20(25)18-15-4-6-16(7-5-15)19(18)21(26)27/h1-4,6,12,15-16,18-19H,5,7-11,13H2,(H,26,27)/t15-,16+,18-,19-/m0/s1. The second-order valence-electron chi connectivity index (χ2n) is 7.91. The van der Waals surface area contributed by atoms with Crippen LogP contribution >= 0.6 is 11.6 Å². The fourth-order valence-corrected chi connectivity index (χ4v) is 5.11. The van der Waals surface area contributed by atoms with Gasteiger partial charge >= 0.3 is 5.97 Å². The lowest BCUT2D eigenvalue weighted by Gasteiger charge is -2.45. The molecule has 4 atom stereocenters. The highest BCUT2D eigenvalue weighted by molar-refractivity contribution is 6.30. The fourth-order valence-electron chi connectivity index (χ4n) is 4.90. The molecule has 1 N–H and O–H groups in total. The molecule has 1 saturated carbocycles. The number of rotatable bonds is 4. The number of amides is 1. The van der Waals surface area contributed by atoms with Crippen LogP contribution in [0, 0.1) is 23.7 Å². The molecule has 1 saturated heterocycles. The van der Waals surface area contributed by atoms with Crippen molar-refractivity contribution in [2.45, 2.75) is 19.4 Å². The maximum Gasteiger partial charge on any atom is 0.307 e. The Bertz CT molecular complexity index is 758. The summed E-state index contributed by atoms with van der Waals surface area (Å²) in [6.45, 7) is 3.73. The number of carboxylic acid groups (broad SMARTS) is 1. The zero-order valence-corrected chi connectivity index (χ0v) is 16.0. The first kappa shape index (κ1) is 18.5. The third kappa shape index (κ3) is 3.76. The Morgan fingerprint density at radius 2 is 1.70 bits per heavy atom. The van der Waals surface area contributed by atoms with E-state index in [0.29, 0.717) is 13.1 Å². The van der Waals surface area contributed by atoms with Gasteiger partial charge in [-0.15, -0.1) is 0 Å². The van der Waals surface area contributed by atoms with Crippen LogP contribution in [0.4, 0.5) is 0 Å². The number of nitrogens with zero attached hydrogens (tertiary/aromatic N) is 2. The van der Waals surface area contributed by atoms with Gasteiger partial charge in [0, 0.05) is 37.7 Å². The summed E-state index contributed by atoms with van der Waals surface area (Å²) in [5.74, 6) is -1.68. The average molecular weight is 389 g/mol. The number of carbonyl (C=O) groups is 2. The molecule has 0 radical (unpaired) electrons. The van der Waals surface area contributed by atoms with E-state index in [1.54, 1.807) is 0 Å². The summed E-state index contributed by atoms with van der Waals surface area (Å²) in [4.78, 5) is 29.2. The predicted octanol–water partition coefficient (Wildman–Crippen LogP) is 2.90. The topological polar surface area (TPSA) is 60.9 Å². The van der Waals surface area contributed by atoms with E-state index in [1.807, 2.05) is 29.2 Å². The summed E-state index contributed by atoms with van der Waals surface area (Å²) in [6, 6.07) is 7.86. The van der Waals surface area contributed by atoms with E-state index in [9.17, 15) is 14.7 Å². The lowest BCUT2D eigenvalue weighted by Crippen LogP contribution is -2.55. The maximum atomic E-state index is 13.2. The quantitative estimate of drug-likeness (QED) is 0.806. The number of aliphatic carboxylic acids is 1. The molecule has 5 nitrogen and oxygen atoms in total. The molecular formula is C21H25ClN2O3. The van der Waals surface area contributed by atoms with E-state index in [0.717, 1.165) is 37.5 Å². The number of benzene rings is 1. The molecule has 0 unspecified atom stereocenters. The van der Waals surface area contributed by atoms with Crippen LogP contribution in [0.15, 0.2) is 36.4 Å². The monoisotopic (exact) mass is 388 g/mol. The smallest absolute Gasteiger partial charge is 0.307 e. The highest BCUT2D eigenvalue weighted by atomic mass is 35.5. The Labute approximate surface area is 164 Å². The third-order valence-corrected chi connectivity index (χ3v) is 6.53. The van der Waals surface area contributed by atoms with Crippen LogP contribution in [0.3, 0.4) is 0 Å². The Morgan fingerprint density at radius 1 is 1.04 bits per heavy atom. The minimum atomic E-state index is -0.827. The van der Waals surface area contributed by atoms with Crippen LogP contribution in [0.5, 0.6) is 0 Å². The van der Waals surface area contributed by atoms with Crippen molar-refractivity contribution in [1.82, 2.24) is 9.80 Å². The third-order valence-electron chi connectivity index (χ3n) is 6.30. The molecule has 6 heteroatoms. The summed E-state index contributed by atoms with van der Waals surface area (Å²) in [5, 5.41) is 10.4. The van der Waals surface area contributed by atoms with Gasteiger partial charge in [0.15, 0.2) is 0 Å². The fraction of sp³-hybridized carbons (Fsp3) is 0.524. The maximum absolute atomic E-state index is 13.2. The number of allylic oxidation sites excluding steroid dienone is 2. The molecule has 0 aromatic heterocycles. The number of carbonyl (C=O) groups excluding carboxylic acids is 1. The van der Waals surface area contributed by atoms with Gasteiger partial charge in [-0.1, -0.05) is 35.9 Å². The van der Waals surface area contributed by atoms with E-state index in [2.05, 4.69) is 17.0 Å². The SMILES string of the molecule is O=C(O)[C@@H]1[C@@H](C(=O)N2CCN(Cc3cccc(Cl)c3)CC2)[C@H]2C=C[C@@H]1CC2. The average Bonchev–Trinajstić information content (AvgIpc) is 2.68. The summed E-state index contributed by atoms with van der Waals surface area (Å²) < 4.78 is 0. The molecule has 27 heavy (non-hydrogen) atoms. The molecule has 2 bridgehead atoms. The number of fused-ring (bicyclic) bond motifs is 2. The van der Waals surface area contributed by atoms with Gasteiger partial charge in [0.1, 0.15) is 0 Å². The number of piperazine rings is 1. The molecule has 0 spiro atoms. The minimum Gasteiger partial charge on any atom is -0.481 e. The van der Waals surface area contributed by atoms with Gasteiger partial charge in [-0.25, -0.2) is 0 Å². The molecular weight excluding hydrogens is 364 g/mol. The van der Waals surface area contributed by atoms with Crippen molar-refractivity contribution in [3.05, 3.63) is 47.0 Å². The van der Waals surface area contributed by atoms with Crippen LogP contribution in [-0.4, -0.2) is 53.0 Å². The van der Waals surface area contributed by atoms with E-state index >= 15 is 0 Å². The number of hydrogen-bond donors (Lipinski definition) is 1. The number of halogens is 1. The van der Waals surface area contributed by atoms with Gasteiger partial charge in [0.05, 0.1) is 11.8 Å². The summed E-state index contributed by atoms with van der Waals surface area (Å²) in [7, 11) is 0. The Kier molecular flexibility index (Phi) is 5.24. The van der Waals surface area contributed by atoms with E-state index in [-0.39, 0.29) is 17.7 Å². The van der Waals surface area contributed by atoms with Crippen LogP contribution < -0.4 is 0 Å². The van der Waals surface area contributed by atoms with Crippen molar-refractivity contribution in [3.63, 3.8) is 0 Å². The van der Waals surface area contributed by atoms with Crippen molar-refractivity contribution in [3.8, 4) is 0 Å². The van der Waals surface area contributed by atoms with Crippen LogP contribution in [-0.2, 0) is 16.1 Å². The second kappa shape index (κ2) is 7.64. The van der Waals surface area contributed by atoms with E-state index < -0.39 is 17.8 Å². The molecule has 3 aliphatic carbocycles. The first-order valence-corrected chi connectivity index (χ1v) is 10.1. The normalized spacial score (nSPS) is 30.5. The van der Waals surface area contributed by atoms with Crippen molar-refractivity contribution in [1.29, 1.82) is 0 Å². The lowest BCUT2D eigenvalue weighted by atomic mass is 9.62. The first-order valence-electron chi connectivity index (χ1n) is 9.69. The van der Waals surface area contributed by atoms with E-state index in [1.165, 1.54) is 5.56 Å². The van der Waals surface area contributed by atoms with Gasteiger partial charge < -0.3 is 10.0 Å². The summed E-state index contributed by atoms with van der Waals surface area (Å²) in [5.41, 5.74) is 1.17.